The van der Waals surface area contributed by atoms with E-state index in [1.165, 1.54) is 18.2 Å². The Bertz CT molecular complexity index is 952. The number of nitrogens with one attached hydrogen (secondary N) is 1. The summed E-state index contributed by atoms with van der Waals surface area (Å²) in [6, 6.07) is 15.9. The molecule has 0 aliphatic heterocycles. The van der Waals surface area contributed by atoms with Crippen LogP contribution in [0.5, 0.6) is 0 Å². The number of quaternary nitrogens is 1. The number of nitrogens with zero attached hydrogens (tertiary/aromatic N) is 1. The van der Waals surface area contributed by atoms with E-state index in [1.54, 1.807) is 25.3 Å². The minimum absolute atomic E-state index is 0.244. The molecule has 1 atom stereocenters. The number of aromatic nitrogens is 1. The summed E-state index contributed by atoms with van der Waals surface area (Å²) >= 11 is 0. The third-order valence-electron chi connectivity index (χ3n) is 5.02. The number of halogens is 4. The Balaban J connectivity index is 1.76. The fraction of sp³-hybridized carbons (Fsp3) is 0.304. The molecule has 160 valence electrons. The Morgan fingerprint density at radius 2 is 1.77 bits per heavy atom. The molecule has 2 aromatic carbocycles. The van der Waals surface area contributed by atoms with Gasteiger partial charge in [-0.1, -0.05) is 30.3 Å². The predicted octanol–water partition coefficient (Wildman–Crippen LogP) is 3.93. The van der Waals surface area contributed by atoms with Crippen LogP contribution < -0.4 is 4.90 Å². The molecule has 1 unspecified atom stereocenters. The molecule has 0 spiro atoms. The first-order valence-electron chi connectivity index (χ1n) is 9.73. The first-order valence-corrected chi connectivity index (χ1v) is 9.73. The summed E-state index contributed by atoms with van der Waals surface area (Å²) in [5.41, 5.74) is 1.52. The fourth-order valence-electron chi connectivity index (χ4n) is 3.46. The minimum Gasteiger partial charge on any atom is -0.379 e. The van der Waals surface area contributed by atoms with Crippen molar-refractivity contribution < 1.29 is 27.2 Å². The molecule has 3 aromatic rings. The van der Waals surface area contributed by atoms with Gasteiger partial charge in [0.15, 0.2) is 0 Å². The molecule has 0 radical (unpaired) electrons. The van der Waals surface area contributed by atoms with Crippen LogP contribution in [0, 0.1) is 5.82 Å². The second kappa shape index (κ2) is 9.91. The molecule has 3 rings (SSSR count). The lowest BCUT2D eigenvalue weighted by Gasteiger charge is -2.21. The Labute approximate surface area is 173 Å². The second-order valence-electron chi connectivity index (χ2n) is 7.26. The van der Waals surface area contributed by atoms with Crippen LogP contribution in [-0.4, -0.2) is 24.8 Å². The SMILES string of the molecule is COCC[NH+](Cc1ccccc1F)Cc1cccn1Cc1cccc(C(F)(F)F)c1. The first-order chi connectivity index (χ1) is 14.4. The predicted molar refractivity (Wildman–Crippen MR) is 106 cm³/mol. The van der Waals surface area contributed by atoms with Crippen LogP contribution in [0.15, 0.2) is 66.9 Å². The maximum atomic E-state index is 14.1. The zero-order chi connectivity index (χ0) is 21.6. The van der Waals surface area contributed by atoms with Gasteiger partial charge < -0.3 is 14.2 Å². The van der Waals surface area contributed by atoms with Gasteiger partial charge in [-0.25, -0.2) is 4.39 Å². The van der Waals surface area contributed by atoms with E-state index in [0.717, 1.165) is 16.7 Å². The molecule has 1 aromatic heterocycles. The number of methoxy groups -OCH3 is 1. The molecule has 3 nitrogen and oxygen atoms in total. The maximum Gasteiger partial charge on any atom is 0.416 e. The average molecular weight is 421 g/mol. The largest absolute Gasteiger partial charge is 0.416 e. The zero-order valence-corrected chi connectivity index (χ0v) is 16.8. The monoisotopic (exact) mass is 421 g/mol. The van der Waals surface area contributed by atoms with E-state index in [4.69, 9.17) is 4.74 Å². The van der Waals surface area contributed by atoms with Crippen LogP contribution >= 0.6 is 0 Å². The van der Waals surface area contributed by atoms with Crippen molar-refractivity contribution in [2.24, 2.45) is 0 Å². The second-order valence-corrected chi connectivity index (χ2v) is 7.26. The number of alkyl halides is 3. The van der Waals surface area contributed by atoms with Gasteiger partial charge in [0.05, 0.1) is 17.9 Å². The Kier molecular flexibility index (Phi) is 7.29. The smallest absolute Gasteiger partial charge is 0.379 e. The lowest BCUT2D eigenvalue weighted by atomic mass is 10.1. The molecule has 0 saturated heterocycles. The quantitative estimate of drug-likeness (QED) is 0.519. The Morgan fingerprint density at radius 3 is 2.50 bits per heavy atom. The summed E-state index contributed by atoms with van der Waals surface area (Å²) < 4.78 is 60.3. The van der Waals surface area contributed by atoms with E-state index in [2.05, 4.69) is 0 Å². The lowest BCUT2D eigenvalue weighted by Crippen LogP contribution is -3.10. The summed E-state index contributed by atoms with van der Waals surface area (Å²) in [6.45, 7) is 2.63. The number of hydrogen-bond acceptors (Lipinski definition) is 1. The molecule has 0 aliphatic carbocycles. The third kappa shape index (κ3) is 5.93. The Hall–Kier alpha value is -2.64. The minimum atomic E-state index is -4.36. The van der Waals surface area contributed by atoms with Gasteiger partial charge in [-0.15, -0.1) is 0 Å². The molecular weight excluding hydrogens is 396 g/mol. The Morgan fingerprint density at radius 1 is 0.967 bits per heavy atom. The topological polar surface area (TPSA) is 18.6 Å². The van der Waals surface area contributed by atoms with Crippen LogP contribution in [-0.2, 0) is 30.5 Å². The van der Waals surface area contributed by atoms with Gasteiger partial charge in [0, 0.05) is 25.4 Å². The van der Waals surface area contributed by atoms with Crippen molar-refractivity contribution >= 4 is 0 Å². The normalized spacial score (nSPS) is 12.8. The van der Waals surface area contributed by atoms with Gasteiger partial charge in [0.1, 0.15) is 25.5 Å². The number of benzene rings is 2. The fourth-order valence-corrected chi connectivity index (χ4v) is 3.46. The van der Waals surface area contributed by atoms with Gasteiger partial charge in [0.25, 0.3) is 0 Å². The highest BCUT2D eigenvalue weighted by atomic mass is 19.4. The number of ether oxygens (including phenoxy) is 1. The maximum absolute atomic E-state index is 14.1. The van der Waals surface area contributed by atoms with Gasteiger partial charge in [-0.05, 0) is 35.9 Å². The molecule has 7 heteroatoms. The van der Waals surface area contributed by atoms with E-state index < -0.39 is 11.7 Å². The van der Waals surface area contributed by atoms with Crippen molar-refractivity contribution in [1.29, 1.82) is 0 Å². The highest BCUT2D eigenvalue weighted by Gasteiger charge is 2.30. The van der Waals surface area contributed by atoms with E-state index in [-0.39, 0.29) is 5.82 Å². The molecule has 0 saturated carbocycles. The summed E-state index contributed by atoms with van der Waals surface area (Å²) in [5, 5.41) is 0. The summed E-state index contributed by atoms with van der Waals surface area (Å²) in [5.74, 6) is -0.244. The van der Waals surface area contributed by atoms with E-state index >= 15 is 0 Å². The van der Waals surface area contributed by atoms with Crippen molar-refractivity contribution in [3.8, 4) is 0 Å². The van der Waals surface area contributed by atoms with Gasteiger partial charge in [-0.3, -0.25) is 0 Å². The van der Waals surface area contributed by atoms with Crippen molar-refractivity contribution in [3.05, 3.63) is 95.1 Å². The van der Waals surface area contributed by atoms with Crippen LogP contribution in [0.1, 0.15) is 22.4 Å². The molecule has 1 heterocycles. The molecule has 30 heavy (non-hydrogen) atoms. The number of rotatable bonds is 9. The average Bonchev–Trinajstić information content (AvgIpc) is 3.14. The molecule has 1 N–H and O–H groups in total. The van der Waals surface area contributed by atoms with Crippen LogP contribution in [0.2, 0.25) is 0 Å². The third-order valence-corrected chi connectivity index (χ3v) is 5.02. The van der Waals surface area contributed by atoms with Crippen molar-refractivity contribution in [3.63, 3.8) is 0 Å². The summed E-state index contributed by atoms with van der Waals surface area (Å²) in [4.78, 5) is 1.10. The standard InChI is InChI=1S/C23H24F4N2O/c1-30-13-12-28(16-19-7-2-3-10-22(19)24)17-21-9-5-11-29(21)15-18-6-4-8-20(14-18)23(25,26)27/h2-11,14H,12-13,15-17H2,1H3/p+1. The molecule has 0 aliphatic rings. The van der Waals surface area contributed by atoms with Crippen LogP contribution in [0.25, 0.3) is 0 Å². The first kappa shape index (κ1) is 22.1. The number of hydrogen-bond donors (Lipinski definition) is 1. The molecule has 0 amide bonds. The van der Waals surface area contributed by atoms with E-state index in [0.29, 0.717) is 43.9 Å². The van der Waals surface area contributed by atoms with Gasteiger partial charge in [-0.2, -0.15) is 13.2 Å². The summed E-state index contributed by atoms with van der Waals surface area (Å²) in [6.07, 6.45) is -2.51. The van der Waals surface area contributed by atoms with Crippen molar-refractivity contribution in [2.45, 2.75) is 25.8 Å². The highest BCUT2D eigenvalue weighted by Crippen LogP contribution is 2.29. The van der Waals surface area contributed by atoms with E-state index in [1.807, 2.05) is 29.0 Å². The van der Waals surface area contributed by atoms with Gasteiger partial charge in [0.2, 0.25) is 0 Å². The molecule has 0 bridgehead atoms. The lowest BCUT2D eigenvalue weighted by molar-refractivity contribution is -0.928. The van der Waals surface area contributed by atoms with Crippen molar-refractivity contribution in [2.75, 3.05) is 20.3 Å². The summed E-state index contributed by atoms with van der Waals surface area (Å²) in [7, 11) is 1.62. The highest BCUT2D eigenvalue weighted by molar-refractivity contribution is 5.26. The van der Waals surface area contributed by atoms with Crippen molar-refractivity contribution in [1.82, 2.24) is 4.57 Å². The van der Waals surface area contributed by atoms with Crippen LogP contribution in [0.4, 0.5) is 17.6 Å². The molecular formula is C23H25F4N2O+. The van der Waals surface area contributed by atoms with E-state index in [9.17, 15) is 17.6 Å². The van der Waals surface area contributed by atoms with Crippen LogP contribution in [0.3, 0.4) is 0 Å². The zero-order valence-electron chi connectivity index (χ0n) is 16.8. The van der Waals surface area contributed by atoms with Gasteiger partial charge >= 0.3 is 6.18 Å². The molecule has 0 fully saturated rings.